The van der Waals surface area contributed by atoms with E-state index in [-0.39, 0.29) is 36.1 Å². The first-order valence-corrected chi connectivity index (χ1v) is 10.3. The second-order valence-corrected chi connectivity index (χ2v) is 7.84. The highest BCUT2D eigenvalue weighted by atomic mass is 19.1. The van der Waals surface area contributed by atoms with E-state index in [9.17, 15) is 23.6 Å². The number of benzene rings is 2. The lowest BCUT2D eigenvalue weighted by Gasteiger charge is -2.29. The molecule has 4 amide bonds. The van der Waals surface area contributed by atoms with Gasteiger partial charge in [-0.05, 0) is 42.7 Å². The van der Waals surface area contributed by atoms with E-state index < -0.39 is 47.3 Å². The summed E-state index contributed by atoms with van der Waals surface area (Å²) in [6.07, 6.45) is 0.708. The van der Waals surface area contributed by atoms with Crippen molar-refractivity contribution in [3.8, 4) is 0 Å². The van der Waals surface area contributed by atoms with Gasteiger partial charge in [0, 0.05) is 17.5 Å². The normalized spacial score (nSPS) is 18.9. The molecule has 166 valence electrons. The molecule has 2 aliphatic heterocycles. The third-order valence-corrected chi connectivity index (χ3v) is 5.86. The Morgan fingerprint density at radius 2 is 2.00 bits per heavy atom. The molecule has 2 atom stereocenters. The summed E-state index contributed by atoms with van der Waals surface area (Å²) in [5.74, 6) is -3.49. The molecular weight excluding hydrogens is 420 g/mol. The Labute approximate surface area is 182 Å². The second-order valence-electron chi connectivity index (χ2n) is 7.84. The maximum Gasteiger partial charge on any atom is 0.255 e. The first-order valence-electron chi connectivity index (χ1n) is 10.3. The van der Waals surface area contributed by atoms with Gasteiger partial charge in [-0.1, -0.05) is 19.1 Å². The average molecular weight is 441 g/mol. The first kappa shape index (κ1) is 21.6. The fourth-order valence-electron chi connectivity index (χ4n) is 4.16. The lowest BCUT2D eigenvalue weighted by atomic mass is 10.0. The van der Waals surface area contributed by atoms with Crippen LogP contribution >= 0.6 is 0 Å². The van der Waals surface area contributed by atoms with Crippen molar-refractivity contribution < 1.29 is 28.0 Å². The Bertz CT molecular complexity index is 1130. The third-order valence-electron chi connectivity index (χ3n) is 5.86. The summed E-state index contributed by atoms with van der Waals surface area (Å²) >= 11 is 0. The van der Waals surface area contributed by atoms with E-state index >= 15 is 4.39 Å². The van der Waals surface area contributed by atoms with E-state index in [1.807, 2.05) is 6.92 Å². The summed E-state index contributed by atoms with van der Waals surface area (Å²) in [6.45, 7) is 1.64. The maximum atomic E-state index is 15.3. The van der Waals surface area contributed by atoms with Crippen LogP contribution in [0, 0.1) is 11.6 Å². The first-order chi connectivity index (χ1) is 15.3. The molecule has 4 rings (SSSR count). The fourth-order valence-corrected chi connectivity index (χ4v) is 4.16. The SMILES string of the molecule is CC[C@H](NC(=O)c1ccc2c(c1F)CN(C1CCC(=O)NC1=O)C2=O)c1cccc(F)c1. The number of carbonyl (C=O) groups excluding carboxylic acids is 4. The molecule has 9 heteroatoms. The lowest BCUT2D eigenvalue weighted by molar-refractivity contribution is -0.136. The van der Waals surface area contributed by atoms with Gasteiger partial charge in [-0.3, -0.25) is 24.5 Å². The summed E-state index contributed by atoms with van der Waals surface area (Å²) in [5.41, 5.74) is 0.435. The zero-order valence-corrected chi connectivity index (χ0v) is 17.3. The van der Waals surface area contributed by atoms with Gasteiger partial charge >= 0.3 is 0 Å². The molecule has 1 fully saturated rings. The highest BCUT2D eigenvalue weighted by Gasteiger charge is 2.40. The smallest absolute Gasteiger partial charge is 0.255 e. The molecule has 0 aliphatic carbocycles. The lowest BCUT2D eigenvalue weighted by Crippen LogP contribution is -2.52. The Hall–Kier alpha value is -3.62. The van der Waals surface area contributed by atoms with Gasteiger partial charge in [-0.15, -0.1) is 0 Å². The molecule has 0 aromatic heterocycles. The summed E-state index contributed by atoms with van der Waals surface area (Å²) in [5, 5.41) is 4.90. The van der Waals surface area contributed by atoms with Gasteiger partial charge in [0.15, 0.2) is 0 Å². The maximum absolute atomic E-state index is 15.3. The van der Waals surface area contributed by atoms with Crippen LogP contribution in [0.2, 0.25) is 0 Å². The summed E-state index contributed by atoms with van der Waals surface area (Å²) in [4.78, 5) is 50.3. The summed E-state index contributed by atoms with van der Waals surface area (Å²) < 4.78 is 28.8. The molecule has 2 aromatic carbocycles. The van der Waals surface area contributed by atoms with E-state index in [2.05, 4.69) is 10.6 Å². The molecule has 2 heterocycles. The quantitative estimate of drug-likeness (QED) is 0.698. The van der Waals surface area contributed by atoms with E-state index in [0.29, 0.717) is 12.0 Å². The molecule has 32 heavy (non-hydrogen) atoms. The van der Waals surface area contributed by atoms with Crippen molar-refractivity contribution in [2.45, 2.75) is 44.8 Å². The molecule has 0 bridgehead atoms. The Balaban J connectivity index is 1.56. The van der Waals surface area contributed by atoms with Crippen LogP contribution in [0.1, 0.15) is 64.1 Å². The van der Waals surface area contributed by atoms with Crippen LogP contribution < -0.4 is 10.6 Å². The van der Waals surface area contributed by atoms with Crippen LogP contribution in [0.4, 0.5) is 8.78 Å². The van der Waals surface area contributed by atoms with Gasteiger partial charge < -0.3 is 10.2 Å². The van der Waals surface area contributed by atoms with Crippen LogP contribution in [0.3, 0.4) is 0 Å². The van der Waals surface area contributed by atoms with E-state index in [0.717, 1.165) is 0 Å². The number of nitrogens with one attached hydrogen (secondary N) is 2. The number of fused-ring (bicyclic) bond motifs is 1. The number of amides is 4. The van der Waals surface area contributed by atoms with Crippen molar-refractivity contribution in [3.63, 3.8) is 0 Å². The monoisotopic (exact) mass is 441 g/mol. The number of piperidine rings is 1. The number of halogens is 2. The van der Waals surface area contributed by atoms with Gasteiger partial charge in [0.05, 0.1) is 18.2 Å². The van der Waals surface area contributed by atoms with E-state index in [1.54, 1.807) is 6.07 Å². The Morgan fingerprint density at radius 3 is 2.69 bits per heavy atom. The molecule has 0 radical (unpaired) electrons. The molecule has 1 unspecified atom stereocenters. The van der Waals surface area contributed by atoms with Crippen LogP contribution in [0.25, 0.3) is 0 Å². The van der Waals surface area contributed by atoms with Crippen molar-refractivity contribution >= 4 is 23.6 Å². The largest absolute Gasteiger partial charge is 0.345 e. The number of carbonyl (C=O) groups is 4. The van der Waals surface area contributed by atoms with Crippen LogP contribution in [-0.4, -0.2) is 34.6 Å². The van der Waals surface area contributed by atoms with Crippen molar-refractivity contribution in [1.82, 2.24) is 15.5 Å². The van der Waals surface area contributed by atoms with E-state index in [1.165, 1.54) is 35.2 Å². The summed E-state index contributed by atoms with van der Waals surface area (Å²) in [7, 11) is 0. The topological polar surface area (TPSA) is 95.6 Å². The molecule has 7 nitrogen and oxygen atoms in total. The van der Waals surface area contributed by atoms with Crippen molar-refractivity contribution in [2.75, 3.05) is 0 Å². The molecular formula is C23H21F2N3O4. The van der Waals surface area contributed by atoms with Gasteiger partial charge in [-0.2, -0.15) is 0 Å². The van der Waals surface area contributed by atoms with Crippen molar-refractivity contribution in [2.24, 2.45) is 0 Å². The molecule has 2 N–H and O–H groups in total. The average Bonchev–Trinajstić information content (AvgIpc) is 3.09. The van der Waals surface area contributed by atoms with Gasteiger partial charge in [0.25, 0.3) is 11.8 Å². The zero-order chi connectivity index (χ0) is 23.0. The minimum Gasteiger partial charge on any atom is -0.345 e. The molecule has 2 aromatic rings. The third kappa shape index (κ3) is 3.86. The van der Waals surface area contributed by atoms with Crippen LogP contribution in [-0.2, 0) is 16.1 Å². The van der Waals surface area contributed by atoms with Crippen molar-refractivity contribution in [1.29, 1.82) is 0 Å². The molecule has 1 saturated heterocycles. The molecule has 2 aliphatic rings. The Kier molecular flexibility index (Phi) is 5.73. The predicted molar refractivity (Wildman–Crippen MR) is 109 cm³/mol. The van der Waals surface area contributed by atoms with Crippen LogP contribution in [0.15, 0.2) is 36.4 Å². The predicted octanol–water partition coefficient (Wildman–Crippen LogP) is 2.61. The standard InChI is InChI=1S/C23H21F2N3O4/c1-2-17(12-4-3-5-13(24)10-12)26-21(30)15-7-6-14-16(20(15)25)11-28(23(14)32)18-8-9-19(29)27-22(18)31/h3-7,10,17-18H,2,8-9,11H2,1H3,(H,26,30)(H,27,29,31)/t17-,18?/m0/s1. The molecule has 0 saturated carbocycles. The number of hydrogen-bond acceptors (Lipinski definition) is 4. The Morgan fingerprint density at radius 1 is 1.22 bits per heavy atom. The molecule has 0 spiro atoms. The second kappa shape index (κ2) is 8.49. The van der Waals surface area contributed by atoms with Crippen LogP contribution in [0.5, 0.6) is 0 Å². The number of hydrogen-bond donors (Lipinski definition) is 2. The minimum absolute atomic E-state index is 0.0335. The minimum atomic E-state index is -0.873. The highest BCUT2D eigenvalue weighted by Crippen LogP contribution is 2.31. The van der Waals surface area contributed by atoms with Gasteiger partial charge in [0.1, 0.15) is 17.7 Å². The van der Waals surface area contributed by atoms with Gasteiger partial charge in [0.2, 0.25) is 11.8 Å². The van der Waals surface area contributed by atoms with Crippen molar-refractivity contribution in [3.05, 3.63) is 70.3 Å². The zero-order valence-electron chi connectivity index (χ0n) is 17.3. The number of rotatable bonds is 5. The van der Waals surface area contributed by atoms with Gasteiger partial charge in [-0.25, -0.2) is 8.78 Å². The number of nitrogens with zero attached hydrogens (tertiary/aromatic N) is 1. The fraction of sp³-hybridized carbons (Fsp3) is 0.304. The summed E-state index contributed by atoms with van der Waals surface area (Å²) in [6, 6.07) is 7.01. The highest BCUT2D eigenvalue weighted by molar-refractivity contribution is 6.06. The number of imide groups is 1. The van der Waals surface area contributed by atoms with E-state index in [4.69, 9.17) is 0 Å².